The minimum Gasteiger partial charge on any atom is -0.394 e. The van der Waals surface area contributed by atoms with Crippen LogP contribution in [0, 0.1) is 11.6 Å². The minimum atomic E-state index is -0.676. The van der Waals surface area contributed by atoms with Crippen molar-refractivity contribution in [1.29, 1.82) is 0 Å². The predicted octanol–water partition coefficient (Wildman–Crippen LogP) is 3.11. The van der Waals surface area contributed by atoms with E-state index in [9.17, 15) is 13.9 Å². The Bertz CT molecular complexity index is 516. The summed E-state index contributed by atoms with van der Waals surface area (Å²) in [6, 6.07) is 12.1. The van der Waals surface area contributed by atoms with E-state index >= 15 is 0 Å². The van der Waals surface area contributed by atoms with Crippen LogP contribution < -0.4 is 5.32 Å². The third-order valence-corrected chi connectivity index (χ3v) is 2.65. The number of halogens is 2. The van der Waals surface area contributed by atoms with Crippen LogP contribution in [0.1, 0.15) is 11.6 Å². The van der Waals surface area contributed by atoms with E-state index in [0.29, 0.717) is 0 Å². The van der Waals surface area contributed by atoms with Crippen molar-refractivity contribution in [2.24, 2.45) is 0 Å². The fraction of sp³-hybridized carbons (Fsp3) is 0.143. The number of anilines is 1. The fourth-order valence-electron chi connectivity index (χ4n) is 1.71. The highest BCUT2D eigenvalue weighted by Crippen LogP contribution is 2.22. The van der Waals surface area contributed by atoms with Crippen molar-refractivity contribution in [3.05, 3.63) is 65.7 Å². The van der Waals surface area contributed by atoms with E-state index in [0.717, 1.165) is 11.6 Å². The topological polar surface area (TPSA) is 32.3 Å². The Balaban J connectivity index is 2.21. The lowest BCUT2D eigenvalue weighted by molar-refractivity contribution is 0.276. The maximum absolute atomic E-state index is 13.5. The molecule has 0 aliphatic rings. The van der Waals surface area contributed by atoms with Crippen molar-refractivity contribution in [1.82, 2.24) is 0 Å². The van der Waals surface area contributed by atoms with Crippen molar-refractivity contribution in [3.63, 3.8) is 0 Å². The van der Waals surface area contributed by atoms with Crippen LogP contribution in [0.4, 0.5) is 14.5 Å². The largest absolute Gasteiger partial charge is 0.394 e. The van der Waals surface area contributed by atoms with Gasteiger partial charge in [0.2, 0.25) is 0 Å². The van der Waals surface area contributed by atoms with E-state index < -0.39 is 17.7 Å². The highest BCUT2D eigenvalue weighted by molar-refractivity contribution is 5.47. The summed E-state index contributed by atoms with van der Waals surface area (Å²) in [4.78, 5) is 0. The first kappa shape index (κ1) is 12.5. The lowest BCUT2D eigenvalue weighted by Gasteiger charge is -2.18. The van der Waals surface area contributed by atoms with Crippen molar-refractivity contribution in [2.45, 2.75) is 6.04 Å². The molecular weight excluding hydrogens is 236 g/mol. The zero-order valence-electron chi connectivity index (χ0n) is 9.61. The average molecular weight is 249 g/mol. The quantitative estimate of drug-likeness (QED) is 0.872. The van der Waals surface area contributed by atoms with Gasteiger partial charge < -0.3 is 10.4 Å². The Hall–Kier alpha value is -1.94. The Morgan fingerprint density at radius 3 is 2.39 bits per heavy atom. The lowest BCUT2D eigenvalue weighted by atomic mass is 10.1. The monoisotopic (exact) mass is 249 g/mol. The molecule has 1 unspecified atom stereocenters. The summed E-state index contributed by atoms with van der Waals surface area (Å²) >= 11 is 0. The van der Waals surface area contributed by atoms with Gasteiger partial charge in [0.05, 0.1) is 18.3 Å². The number of benzene rings is 2. The van der Waals surface area contributed by atoms with E-state index in [1.807, 2.05) is 30.3 Å². The van der Waals surface area contributed by atoms with Gasteiger partial charge in [-0.25, -0.2) is 8.78 Å². The van der Waals surface area contributed by atoms with E-state index in [-0.39, 0.29) is 12.3 Å². The molecule has 94 valence electrons. The fourth-order valence-corrected chi connectivity index (χ4v) is 1.71. The zero-order chi connectivity index (χ0) is 13.0. The van der Waals surface area contributed by atoms with E-state index in [1.165, 1.54) is 12.1 Å². The maximum Gasteiger partial charge on any atom is 0.149 e. The molecule has 2 rings (SSSR count). The van der Waals surface area contributed by atoms with Gasteiger partial charge in [-0.2, -0.15) is 0 Å². The highest BCUT2D eigenvalue weighted by Gasteiger charge is 2.12. The Kier molecular flexibility index (Phi) is 3.89. The zero-order valence-corrected chi connectivity index (χ0v) is 9.61. The number of aliphatic hydroxyl groups excluding tert-OH is 1. The molecule has 0 aromatic heterocycles. The summed E-state index contributed by atoms with van der Waals surface area (Å²) < 4.78 is 26.3. The third kappa shape index (κ3) is 2.84. The first-order valence-corrected chi connectivity index (χ1v) is 5.58. The number of hydrogen-bond donors (Lipinski definition) is 2. The molecule has 0 amide bonds. The molecule has 1 atom stereocenters. The molecule has 0 fully saturated rings. The first-order valence-electron chi connectivity index (χ1n) is 5.58. The molecule has 2 aromatic rings. The molecule has 0 heterocycles. The van der Waals surface area contributed by atoms with Crippen LogP contribution in [0.25, 0.3) is 0 Å². The van der Waals surface area contributed by atoms with Crippen LogP contribution in [0.15, 0.2) is 48.5 Å². The Morgan fingerprint density at radius 1 is 1.06 bits per heavy atom. The smallest absolute Gasteiger partial charge is 0.149 e. The van der Waals surface area contributed by atoms with Gasteiger partial charge in [-0.1, -0.05) is 30.3 Å². The van der Waals surface area contributed by atoms with Crippen LogP contribution in [0.5, 0.6) is 0 Å². The van der Waals surface area contributed by atoms with Crippen LogP contribution >= 0.6 is 0 Å². The van der Waals surface area contributed by atoms with Crippen LogP contribution in [0.2, 0.25) is 0 Å². The molecule has 0 radical (unpaired) electrons. The molecule has 2 nitrogen and oxygen atoms in total. The number of hydrogen-bond acceptors (Lipinski definition) is 2. The van der Waals surface area contributed by atoms with Gasteiger partial charge in [0, 0.05) is 6.07 Å². The van der Waals surface area contributed by atoms with Crippen molar-refractivity contribution in [2.75, 3.05) is 11.9 Å². The number of aliphatic hydroxyl groups is 1. The number of nitrogens with one attached hydrogen (secondary N) is 1. The van der Waals surface area contributed by atoms with Gasteiger partial charge >= 0.3 is 0 Å². The Labute approximate surface area is 104 Å². The summed E-state index contributed by atoms with van der Waals surface area (Å²) in [6.07, 6.45) is 0. The van der Waals surface area contributed by atoms with Crippen molar-refractivity contribution >= 4 is 5.69 Å². The standard InChI is InChI=1S/C14H13F2NO/c15-11-6-7-13(12(16)8-11)17-14(9-18)10-4-2-1-3-5-10/h1-8,14,17-18H,9H2. The summed E-state index contributed by atoms with van der Waals surface area (Å²) in [7, 11) is 0. The summed E-state index contributed by atoms with van der Waals surface area (Å²) in [5.74, 6) is -1.30. The molecule has 0 bridgehead atoms. The number of rotatable bonds is 4. The van der Waals surface area contributed by atoms with E-state index in [4.69, 9.17) is 0 Å². The molecule has 0 spiro atoms. The van der Waals surface area contributed by atoms with Crippen molar-refractivity contribution < 1.29 is 13.9 Å². The van der Waals surface area contributed by atoms with Crippen LogP contribution in [-0.4, -0.2) is 11.7 Å². The molecule has 2 aromatic carbocycles. The molecule has 2 N–H and O–H groups in total. The second-order valence-electron chi connectivity index (χ2n) is 3.91. The highest BCUT2D eigenvalue weighted by atomic mass is 19.1. The summed E-state index contributed by atoms with van der Waals surface area (Å²) in [5.41, 5.74) is 1.00. The lowest BCUT2D eigenvalue weighted by Crippen LogP contribution is -2.15. The first-order chi connectivity index (χ1) is 8.70. The van der Waals surface area contributed by atoms with Gasteiger partial charge in [-0.05, 0) is 17.7 Å². The van der Waals surface area contributed by atoms with Gasteiger partial charge in [0.25, 0.3) is 0 Å². The average Bonchev–Trinajstić information content (AvgIpc) is 2.39. The minimum absolute atomic E-state index is 0.166. The third-order valence-electron chi connectivity index (χ3n) is 2.65. The summed E-state index contributed by atoms with van der Waals surface area (Å²) in [6.45, 7) is -0.180. The van der Waals surface area contributed by atoms with Gasteiger partial charge in [0.15, 0.2) is 0 Å². The second-order valence-corrected chi connectivity index (χ2v) is 3.91. The molecular formula is C14H13F2NO. The molecule has 4 heteroatoms. The van der Waals surface area contributed by atoms with Crippen LogP contribution in [-0.2, 0) is 0 Å². The van der Waals surface area contributed by atoms with Gasteiger partial charge in [-0.15, -0.1) is 0 Å². The molecule has 0 saturated carbocycles. The predicted molar refractivity (Wildman–Crippen MR) is 66.2 cm³/mol. The van der Waals surface area contributed by atoms with Crippen molar-refractivity contribution in [3.8, 4) is 0 Å². The SMILES string of the molecule is OCC(Nc1ccc(F)cc1F)c1ccccc1. The molecule has 0 aliphatic carbocycles. The summed E-state index contributed by atoms with van der Waals surface area (Å²) in [5, 5.41) is 12.2. The van der Waals surface area contributed by atoms with Gasteiger partial charge in [0.1, 0.15) is 11.6 Å². The molecule has 0 aliphatic heterocycles. The molecule has 0 saturated heterocycles. The second kappa shape index (κ2) is 5.60. The van der Waals surface area contributed by atoms with E-state index in [2.05, 4.69) is 5.32 Å². The van der Waals surface area contributed by atoms with Crippen LogP contribution in [0.3, 0.4) is 0 Å². The maximum atomic E-state index is 13.5. The van der Waals surface area contributed by atoms with Gasteiger partial charge in [-0.3, -0.25) is 0 Å². The van der Waals surface area contributed by atoms with E-state index in [1.54, 1.807) is 0 Å². The molecule has 18 heavy (non-hydrogen) atoms. The normalized spacial score (nSPS) is 12.2. The Morgan fingerprint density at radius 2 is 1.78 bits per heavy atom.